The lowest BCUT2D eigenvalue weighted by Gasteiger charge is -2.15. The summed E-state index contributed by atoms with van der Waals surface area (Å²) in [5, 5.41) is 10.4. The third kappa shape index (κ3) is 3.28. The van der Waals surface area contributed by atoms with Crippen molar-refractivity contribution < 1.29 is 9.52 Å². The molecule has 1 aromatic heterocycles. The smallest absolute Gasteiger partial charge is 0.225 e. The molecule has 1 heterocycles. The molecule has 3 aromatic rings. The van der Waals surface area contributed by atoms with Crippen LogP contribution in [0.5, 0.6) is 0 Å². The lowest BCUT2D eigenvalue weighted by molar-refractivity contribution is 0.114. The van der Waals surface area contributed by atoms with Crippen LogP contribution in [0.2, 0.25) is 0 Å². The van der Waals surface area contributed by atoms with Crippen LogP contribution in [0.25, 0.3) is 11.1 Å². The van der Waals surface area contributed by atoms with Crippen LogP contribution in [-0.4, -0.2) is 16.1 Å². The third-order valence-corrected chi connectivity index (χ3v) is 4.37. The van der Waals surface area contributed by atoms with Gasteiger partial charge in [0.25, 0.3) is 0 Å². The van der Waals surface area contributed by atoms with E-state index in [0.717, 1.165) is 23.1 Å². The Labute approximate surface area is 136 Å². The van der Waals surface area contributed by atoms with Crippen molar-refractivity contribution >= 4 is 11.1 Å². The lowest BCUT2D eigenvalue weighted by atomic mass is 10.0. The molecular weight excluding hydrogens is 288 g/mol. The minimum Gasteiger partial charge on any atom is -0.438 e. The highest BCUT2D eigenvalue weighted by Gasteiger charge is 2.23. The Bertz CT molecular complexity index is 796. The number of nitrogens with zero attached hydrogens (tertiary/aromatic N) is 1. The Morgan fingerprint density at radius 1 is 1.13 bits per heavy atom. The van der Waals surface area contributed by atoms with Crippen LogP contribution in [0, 0.1) is 13.8 Å². The minimum absolute atomic E-state index is 0.300. The molecule has 0 fully saturated rings. The molecule has 0 aliphatic rings. The Morgan fingerprint density at radius 3 is 2.61 bits per heavy atom. The highest BCUT2D eigenvalue weighted by Crippen LogP contribution is 2.26. The second kappa shape index (κ2) is 6.52. The number of aliphatic hydroxyl groups is 1. The van der Waals surface area contributed by atoms with Crippen molar-refractivity contribution in [3.63, 3.8) is 0 Å². The first-order chi connectivity index (χ1) is 11.1. The second-order valence-corrected chi connectivity index (χ2v) is 6.04. The van der Waals surface area contributed by atoms with E-state index in [1.165, 1.54) is 5.56 Å². The van der Waals surface area contributed by atoms with Crippen molar-refractivity contribution in [1.29, 1.82) is 0 Å². The van der Waals surface area contributed by atoms with Gasteiger partial charge in [-0.1, -0.05) is 36.4 Å². The molecule has 0 saturated carbocycles. The van der Waals surface area contributed by atoms with E-state index >= 15 is 0 Å². The van der Waals surface area contributed by atoms with Crippen LogP contribution in [0.4, 0.5) is 0 Å². The maximum atomic E-state index is 10.4. The molecule has 3 N–H and O–H groups in total. The van der Waals surface area contributed by atoms with Crippen LogP contribution in [-0.2, 0) is 6.42 Å². The lowest BCUT2D eigenvalue weighted by Crippen LogP contribution is -2.29. The second-order valence-electron chi connectivity index (χ2n) is 6.04. The average Bonchev–Trinajstić information content (AvgIpc) is 3.01. The first-order valence-corrected chi connectivity index (χ1v) is 7.90. The average molecular weight is 310 g/mol. The van der Waals surface area contributed by atoms with Gasteiger partial charge >= 0.3 is 0 Å². The highest BCUT2D eigenvalue weighted by atomic mass is 16.4. The first-order valence-electron chi connectivity index (χ1n) is 7.90. The SMILES string of the molecule is Cc1ccc2oc(C(O)[C@H](N)CCc3ccccc3)nc2c1C. The molecule has 4 heteroatoms. The summed E-state index contributed by atoms with van der Waals surface area (Å²) in [6, 6.07) is 13.6. The number of hydrogen-bond acceptors (Lipinski definition) is 4. The van der Waals surface area contributed by atoms with Crippen molar-refractivity contribution in [3.8, 4) is 0 Å². The number of aliphatic hydroxyl groups excluding tert-OH is 1. The van der Waals surface area contributed by atoms with Gasteiger partial charge < -0.3 is 15.3 Å². The molecule has 3 rings (SSSR count). The fourth-order valence-electron chi connectivity index (χ4n) is 2.69. The number of benzene rings is 2. The van der Waals surface area contributed by atoms with Gasteiger partial charge in [-0.3, -0.25) is 0 Å². The molecule has 4 nitrogen and oxygen atoms in total. The molecule has 0 saturated heterocycles. The Morgan fingerprint density at radius 2 is 1.87 bits per heavy atom. The predicted molar refractivity (Wildman–Crippen MR) is 91.2 cm³/mol. The first kappa shape index (κ1) is 15.7. The number of rotatable bonds is 5. The van der Waals surface area contributed by atoms with Gasteiger partial charge in [-0.15, -0.1) is 0 Å². The number of nitrogens with two attached hydrogens (primary N) is 1. The van der Waals surface area contributed by atoms with Crippen molar-refractivity contribution in [1.82, 2.24) is 4.98 Å². The van der Waals surface area contributed by atoms with E-state index in [-0.39, 0.29) is 0 Å². The summed E-state index contributed by atoms with van der Waals surface area (Å²) >= 11 is 0. The molecule has 0 aliphatic heterocycles. The highest BCUT2D eigenvalue weighted by molar-refractivity contribution is 5.77. The fourth-order valence-corrected chi connectivity index (χ4v) is 2.69. The monoisotopic (exact) mass is 310 g/mol. The Hall–Kier alpha value is -2.17. The predicted octanol–water partition coefficient (Wildman–Crippen LogP) is 3.44. The van der Waals surface area contributed by atoms with E-state index in [4.69, 9.17) is 10.2 Å². The third-order valence-electron chi connectivity index (χ3n) is 4.37. The molecule has 120 valence electrons. The standard InChI is InChI=1S/C19H22N2O2/c1-12-8-11-16-17(13(12)2)21-19(23-16)18(22)15(20)10-9-14-6-4-3-5-7-14/h3-8,11,15,18,22H,9-10,20H2,1-2H3/t15-,18?/m1/s1. The molecular formula is C19H22N2O2. The summed E-state index contributed by atoms with van der Waals surface area (Å²) in [5.41, 5.74) is 11.1. The van der Waals surface area contributed by atoms with E-state index < -0.39 is 12.1 Å². The maximum absolute atomic E-state index is 10.4. The molecule has 0 amide bonds. The van der Waals surface area contributed by atoms with Crippen molar-refractivity contribution in [2.24, 2.45) is 5.73 Å². The van der Waals surface area contributed by atoms with Gasteiger partial charge in [0.15, 0.2) is 5.58 Å². The summed E-state index contributed by atoms with van der Waals surface area (Å²) in [7, 11) is 0. The fraction of sp³-hybridized carbons (Fsp3) is 0.316. The zero-order valence-electron chi connectivity index (χ0n) is 13.5. The molecule has 0 radical (unpaired) electrons. The van der Waals surface area contributed by atoms with Gasteiger partial charge in [0.1, 0.15) is 11.6 Å². The van der Waals surface area contributed by atoms with Crippen LogP contribution >= 0.6 is 0 Å². The molecule has 0 spiro atoms. The number of aryl methyl sites for hydroxylation is 3. The summed E-state index contributed by atoms with van der Waals surface area (Å²) in [4.78, 5) is 4.45. The molecule has 0 bridgehead atoms. The molecule has 2 atom stereocenters. The maximum Gasteiger partial charge on any atom is 0.225 e. The van der Waals surface area contributed by atoms with Crippen LogP contribution < -0.4 is 5.73 Å². The summed E-state index contributed by atoms with van der Waals surface area (Å²) in [6.07, 6.45) is 0.588. The zero-order valence-corrected chi connectivity index (χ0v) is 13.5. The van der Waals surface area contributed by atoms with Crippen LogP contribution in [0.1, 0.15) is 35.1 Å². The van der Waals surface area contributed by atoms with E-state index in [2.05, 4.69) is 17.1 Å². The van der Waals surface area contributed by atoms with Gasteiger partial charge in [-0.05, 0) is 49.4 Å². The van der Waals surface area contributed by atoms with Crippen molar-refractivity contribution in [3.05, 3.63) is 65.0 Å². The van der Waals surface area contributed by atoms with Gasteiger partial charge in [-0.2, -0.15) is 0 Å². The van der Waals surface area contributed by atoms with E-state index in [0.29, 0.717) is 17.9 Å². The molecule has 1 unspecified atom stereocenters. The van der Waals surface area contributed by atoms with E-state index in [1.807, 2.05) is 44.2 Å². The van der Waals surface area contributed by atoms with Crippen LogP contribution in [0.15, 0.2) is 46.9 Å². The zero-order chi connectivity index (χ0) is 16.4. The van der Waals surface area contributed by atoms with Gasteiger partial charge in [0.2, 0.25) is 5.89 Å². The molecule has 23 heavy (non-hydrogen) atoms. The quantitative estimate of drug-likeness (QED) is 0.757. The largest absolute Gasteiger partial charge is 0.438 e. The van der Waals surface area contributed by atoms with E-state index in [1.54, 1.807) is 0 Å². The van der Waals surface area contributed by atoms with Gasteiger partial charge in [-0.25, -0.2) is 4.98 Å². The number of aromatic nitrogens is 1. The Kier molecular flexibility index (Phi) is 4.46. The van der Waals surface area contributed by atoms with Crippen molar-refractivity contribution in [2.75, 3.05) is 0 Å². The number of hydrogen-bond donors (Lipinski definition) is 2. The molecule has 0 aliphatic carbocycles. The Balaban J connectivity index is 1.74. The topological polar surface area (TPSA) is 72.3 Å². The van der Waals surface area contributed by atoms with Gasteiger partial charge in [0, 0.05) is 6.04 Å². The van der Waals surface area contributed by atoms with Gasteiger partial charge in [0.05, 0.1) is 0 Å². The number of oxazole rings is 1. The number of fused-ring (bicyclic) bond motifs is 1. The molecule has 2 aromatic carbocycles. The summed E-state index contributed by atoms with van der Waals surface area (Å²) in [6.45, 7) is 4.04. The van der Waals surface area contributed by atoms with E-state index in [9.17, 15) is 5.11 Å². The van der Waals surface area contributed by atoms with Crippen LogP contribution in [0.3, 0.4) is 0 Å². The normalized spacial score (nSPS) is 14.1. The minimum atomic E-state index is -0.897. The summed E-state index contributed by atoms with van der Waals surface area (Å²) in [5.74, 6) is 0.300. The van der Waals surface area contributed by atoms with Crippen molar-refractivity contribution in [2.45, 2.75) is 38.8 Å². The summed E-state index contributed by atoms with van der Waals surface area (Å²) < 4.78 is 5.70.